The molecule has 0 aliphatic rings. The van der Waals surface area contributed by atoms with Crippen molar-refractivity contribution >= 4 is 15.9 Å². The summed E-state index contributed by atoms with van der Waals surface area (Å²) in [7, 11) is -1.78. The largest absolute Gasteiger partial charge is 0.341 e. The van der Waals surface area contributed by atoms with Crippen molar-refractivity contribution in [3.63, 3.8) is 0 Å². The zero-order chi connectivity index (χ0) is 18.5. The van der Waals surface area contributed by atoms with Gasteiger partial charge in [0.2, 0.25) is 10.0 Å². The molecular weight excluding hydrogens is 326 g/mol. The minimum atomic E-state index is -3.50. The normalized spacial score (nSPS) is 12.5. The van der Waals surface area contributed by atoms with Crippen molar-refractivity contribution < 1.29 is 13.2 Å². The summed E-state index contributed by atoms with van der Waals surface area (Å²) in [5.74, 6) is -0.150. The molecule has 0 unspecified atom stereocenters. The molecule has 7 heteroatoms. The summed E-state index contributed by atoms with van der Waals surface area (Å²) in [6, 6.07) is 6.10. The Kier molecular flexibility index (Phi) is 6.95. The highest BCUT2D eigenvalue weighted by molar-refractivity contribution is 7.89. The number of hydrogen-bond acceptors (Lipinski definition) is 4. The number of nitrogens with two attached hydrogens (primary N) is 1. The van der Waals surface area contributed by atoms with Gasteiger partial charge in [-0.3, -0.25) is 4.79 Å². The number of carbonyl (C=O) groups excluding carboxylic acids is 1. The Hall–Kier alpha value is -1.44. The summed E-state index contributed by atoms with van der Waals surface area (Å²) in [5.41, 5.74) is 6.00. The van der Waals surface area contributed by atoms with E-state index in [-0.39, 0.29) is 16.2 Å². The number of benzene rings is 1. The van der Waals surface area contributed by atoms with Gasteiger partial charge >= 0.3 is 0 Å². The van der Waals surface area contributed by atoms with Gasteiger partial charge in [0.05, 0.1) is 4.90 Å². The van der Waals surface area contributed by atoms with Crippen LogP contribution in [-0.4, -0.2) is 56.8 Å². The molecule has 0 saturated carbocycles. The van der Waals surface area contributed by atoms with Crippen molar-refractivity contribution in [3.05, 3.63) is 29.8 Å². The van der Waals surface area contributed by atoms with Crippen LogP contribution in [0.5, 0.6) is 0 Å². The number of carbonyl (C=O) groups is 1. The van der Waals surface area contributed by atoms with Crippen molar-refractivity contribution in [3.8, 4) is 0 Å². The van der Waals surface area contributed by atoms with Gasteiger partial charge in [0, 0.05) is 32.2 Å². The average Bonchev–Trinajstić information content (AvgIpc) is 2.54. The van der Waals surface area contributed by atoms with Gasteiger partial charge in [-0.1, -0.05) is 27.7 Å². The third-order valence-electron chi connectivity index (χ3n) is 4.01. The molecule has 1 aromatic rings. The number of sulfonamides is 1. The van der Waals surface area contributed by atoms with Gasteiger partial charge in [-0.25, -0.2) is 8.42 Å². The second-order valence-corrected chi connectivity index (χ2v) is 8.58. The summed E-state index contributed by atoms with van der Waals surface area (Å²) in [6.45, 7) is 9.42. The highest BCUT2D eigenvalue weighted by Gasteiger charge is 2.24. The minimum absolute atomic E-state index is 0.150. The highest BCUT2D eigenvalue weighted by Crippen LogP contribution is 2.19. The molecule has 0 atom stereocenters. The second kappa shape index (κ2) is 8.09. The maximum Gasteiger partial charge on any atom is 0.253 e. The molecule has 1 rings (SSSR count). The fourth-order valence-corrected chi connectivity index (χ4v) is 3.94. The first-order valence-electron chi connectivity index (χ1n) is 8.14. The lowest BCUT2D eigenvalue weighted by Crippen LogP contribution is -2.39. The van der Waals surface area contributed by atoms with E-state index in [1.54, 1.807) is 37.9 Å². The SMILES string of the molecule is CCN(CC)S(=O)(=O)c1ccc(C(=O)N(C)CC(C)(C)CN)cc1. The molecular formula is C17H29N3O3S. The predicted molar refractivity (Wildman–Crippen MR) is 96.3 cm³/mol. The van der Waals surface area contributed by atoms with Crippen molar-refractivity contribution in [2.24, 2.45) is 11.1 Å². The Labute approximate surface area is 145 Å². The molecule has 1 aromatic carbocycles. The summed E-state index contributed by atoms with van der Waals surface area (Å²) >= 11 is 0. The van der Waals surface area contributed by atoms with Gasteiger partial charge in [-0.2, -0.15) is 4.31 Å². The molecule has 0 aliphatic carbocycles. The standard InChI is InChI=1S/C17H29N3O3S/c1-6-20(7-2)24(22,23)15-10-8-14(9-11-15)16(21)19(5)13-17(3,4)12-18/h8-11H,6-7,12-13,18H2,1-5H3. The molecule has 0 aromatic heterocycles. The van der Waals surface area contributed by atoms with E-state index in [0.717, 1.165) is 0 Å². The smallest absolute Gasteiger partial charge is 0.253 e. The molecule has 1 amide bonds. The van der Waals surface area contributed by atoms with Crippen LogP contribution in [0.1, 0.15) is 38.1 Å². The first-order valence-corrected chi connectivity index (χ1v) is 9.58. The van der Waals surface area contributed by atoms with Gasteiger partial charge < -0.3 is 10.6 Å². The van der Waals surface area contributed by atoms with Crippen LogP contribution in [0.3, 0.4) is 0 Å². The summed E-state index contributed by atoms with van der Waals surface area (Å²) in [4.78, 5) is 14.3. The lowest BCUT2D eigenvalue weighted by atomic mass is 9.93. The van der Waals surface area contributed by atoms with Crippen LogP contribution in [0, 0.1) is 5.41 Å². The maximum atomic E-state index is 12.5. The zero-order valence-corrected chi connectivity index (χ0v) is 16.1. The maximum absolute atomic E-state index is 12.5. The van der Waals surface area contributed by atoms with Crippen molar-refractivity contribution in [1.29, 1.82) is 0 Å². The molecule has 0 fully saturated rings. The van der Waals surface area contributed by atoms with E-state index in [4.69, 9.17) is 5.73 Å². The van der Waals surface area contributed by atoms with E-state index in [2.05, 4.69) is 0 Å². The molecule has 0 aliphatic heterocycles. The summed E-state index contributed by atoms with van der Waals surface area (Å²) in [5, 5.41) is 0. The van der Waals surface area contributed by atoms with Crippen LogP contribution < -0.4 is 5.73 Å². The molecule has 136 valence electrons. The molecule has 0 bridgehead atoms. The number of hydrogen-bond donors (Lipinski definition) is 1. The number of rotatable bonds is 8. The van der Waals surface area contributed by atoms with Crippen LogP contribution >= 0.6 is 0 Å². The van der Waals surface area contributed by atoms with E-state index in [9.17, 15) is 13.2 Å². The number of nitrogens with zero attached hydrogens (tertiary/aromatic N) is 2. The minimum Gasteiger partial charge on any atom is -0.341 e. The topological polar surface area (TPSA) is 83.7 Å². The van der Waals surface area contributed by atoms with E-state index in [1.165, 1.54) is 16.4 Å². The molecule has 24 heavy (non-hydrogen) atoms. The highest BCUT2D eigenvalue weighted by atomic mass is 32.2. The van der Waals surface area contributed by atoms with Gasteiger partial charge in [-0.15, -0.1) is 0 Å². The molecule has 0 spiro atoms. The Morgan fingerprint density at radius 2 is 1.62 bits per heavy atom. The monoisotopic (exact) mass is 355 g/mol. The van der Waals surface area contributed by atoms with Gasteiger partial charge in [0.15, 0.2) is 0 Å². The van der Waals surface area contributed by atoms with Gasteiger partial charge in [0.25, 0.3) is 5.91 Å². The summed E-state index contributed by atoms with van der Waals surface area (Å²) in [6.07, 6.45) is 0. The Balaban J connectivity index is 2.97. The van der Waals surface area contributed by atoms with E-state index in [1.807, 2.05) is 13.8 Å². The molecule has 2 N–H and O–H groups in total. The zero-order valence-electron chi connectivity index (χ0n) is 15.2. The summed E-state index contributed by atoms with van der Waals surface area (Å²) < 4.78 is 26.3. The van der Waals surface area contributed by atoms with Gasteiger partial charge in [-0.05, 0) is 36.2 Å². The Morgan fingerprint density at radius 1 is 1.12 bits per heavy atom. The lowest BCUT2D eigenvalue weighted by molar-refractivity contribution is 0.0740. The molecule has 0 heterocycles. The quantitative estimate of drug-likeness (QED) is 0.770. The molecule has 6 nitrogen and oxygen atoms in total. The Bertz CT molecular complexity index is 650. The fourth-order valence-electron chi connectivity index (χ4n) is 2.48. The van der Waals surface area contributed by atoms with E-state index < -0.39 is 10.0 Å². The first kappa shape index (κ1) is 20.6. The Morgan fingerprint density at radius 3 is 2.04 bits per heavy atom. The number of amides is 1. The van der Waals surface area contributed by atoms with Crippen molar-refractivity contribution in [1.82, 2.24) is 9.21 Å². The second-order valence-electron chi connectivity index (χ2n) is 6.64. The molecule has 0 saturated heterocycles. The van der Waals surface area contributed by atoms with Crippen molar-refractivity contribution in [2.75, 3.05) is 33.2 Å². The van der Waals surface area contributed by atoms with Crippen LogP contribution in [0.2, 0.25) is 0 Å². The third-order valence-corrected chi connectivity index (χ3v) is 6.07. The van der Waals surface area contributed by atoms with Gasteiger partial charge in [0.1, 0.15) is 0 Å². The van der Waals surface area contributed by atoms with E-state index >= 15 is 0 Å². The van der Waals surface area contributed by atoms with Crippen molar-refractivity contribution in [2.45, 2.75) is 32.6 Å². The van der Waals surface area contributed by atoms with Crippen LogP contribution in [-0.2, 0) is 10.0 Å². The van der Waals surface area contributed by atoms with Crippen LogP contribution in [0.4, 0.5) is 0 Å². The third kappa shape index (κ3) is 4.78. The van der Waals surface area contributed by atoms with Crippen LogP contribution in [0.15, 0.2) is 29.2 Å². The molecule has 0 radical (unpaired) electrons. The first-order chi connectivity index (χ1) is 11.1. The fraction of sp³-hybridized carbons (Fsp3) is 0.588. The van der Waals surface area contributed by atoms with Crippen LogP contribution in [0.25, 0.3) is 0 Å². The predicted octanol–water partition coefficient (Wildman–Crippen LogP) is 1.77. The lowest BCUT2D eigenvalue weighted by Gasteiger charge is -2.29. The van der Waals surface area contributed by atoms with E-state index in [0.29, 0.717) is 31.7 Å². The average molecular weight is 356 g/mol.